The number of halogens is 3. The highest BCUT2D eigenvalue weighted by Gasteiger charge is 2.21. The number of rotatable bonds is 3. The lowest BCUT2D eigenvalue weighted by Gasteiger charge is -2.25. The third-order valence-corrected chi connectivity index (χ3v) is 4.51. The van der Waals surface area contributed by atoms with Crippen molar-refractivity contribution in [3.05, 3.63) is 33.0 Å². The molecule has 1 saturated heterocycles. The number of hydrogen-bond acceptors (Lipinski definition) is 2. The number of nitrogens with two attached hydrogens (primary N) is 1. The first-order valence-corrected chi connectivity index (χ1v) is 7.27. The molecule has 2 unspecified atom stereocenters. The summed E-state index contributed by atoms with van der Waals surface area (Å²) in [7, 11) is 0. The second-order valence-corrected chi connectivity index (χ2v) is 5.83. The van der Waals surface area contributed by atoms with E-state index in [2.05, 4.69) is 15.9 Å². The lowest BCUT2D eigenvalue weighted by Crippen LogP contribution is -2.25. The molecule has 2 N–H and O–H groups in total. The van der Waals surface area contributed by atoms with Crippen molar-refractivity contribution < 1.29 is 9.13 Å². The molecule has 0 aliphatic carbocycles. The van der Waals surface area contributed by atoms with Gasteiger partial charge in [-0.05, 0) is 47.7 Å². The van der Waals surface area contributed by atoms with E-state index in [9.17, 15) is 4.39 Å². The molecule has 100 valence electrons. The summed E-state index contributed by atoms with van der Waals surface area (Å²) in [4.78, 5) is 0. The standard InChI is InChI=1S/C13H16BrClFNO/c14-10-5-4-9(13(16)12(10)15)11(17)7-8-3-1-2-6-18-8/h4-5,8,11H,1-3,6-7,17H2. The summed E-state index contributed by atoms with van der Waals surface area (Å²) in [6, 6.07) is 3.03. The van der Waals surface area contributed by atoms with Crippen molar-refractivity contribution in [2.24, 2.45) is 5.73 Å². The van der Waals surface area contributed by atoms with Crippen molar-refractivity contribution in [2.45, 2.75) is 37.8 Å². The van der Waals surface area contributed by atoms with Gasteiger partial charge in [0.2, 0.25) is 0 Å². The Bertz CT molecular complexity index is 424. The van der Waals surface area contributed by atoms with Gasteiger partial charge in [0.25, 0.3) is 0 Å². The van der Waals surface area contributed by atoms with E-state index in [-0.39, 0.29) is 17.2 Å². The molecule has 0 aromatic heterocycles. The molecule has 1 aromatic carbocycles. The molecular weight excluding hydrogens is 321 g/mol. The molecule has 0 saturated carbocycles. The Kier molecular flexibility index (Phi) is 5.01. The summed E-state index contributed by atoms with van der Waals surface area (Å²) in [6.45, 7) is 0.779. The SMILES string of the molecule is NC(CC1CCCCO1)c1ccc(Br)c(Cl)c1F. The molecule has 1 aliphatic rings. The highest BCUT2D eigenvalue weighted by atomic mass is 79.9. The monoisotopic (exact) mass is 335 g/mol. The molecular formula is C13H16BrClFNO. The van der Waals surface area contributed by atoms with E-state index < -0.39 is 5.82 Å². The maximum absolute atomic E-state index is 14.0. The molecule has 0 bridgehead atoms. The summed E-state index contributed by atoms with van der Waals surface area (Å²) < 4.78 is 20.2. The summed E-state index contributed by atoms with van der Waals surface area (Å²) in [5.74, 6) is -0.436. The third kappa shape index (κ3) is 3.23. The minimum Gasteiger partial charge on any atom is -0.378 e. The Morgan fingerprint density at radius 1 is 1.50 bits per heavy atom. The fourth-order valence-corrected chi connectivity index (χ4v) is 2.71. The van der Waals surface area contributed by atoms with Crippen molar-refractivity contribution in [1.82, 2.24) is 0 Å². The Morgan fingerprint density at radius 3 is 2.94 bits per heavy atom. The van der Waals surface area contributed by atoms with Gasteiger partial charge in [0.1, 0.15) is 5.82 Å². The quantitative estimate of drug-likeness (QED) is 0.840. The zero-order valence-electron chi connectivity index (χ0n) is 9.96. The Labute approximate surface area is 120 Å². The molecule has 2 nitrogen and oxygen atoms in total. The van der Waals surface area contributed by atoms with Gasteiger partial charge in [0.15, 0.2) is 0 Å². The Balaban J connectivity index is 2.08. The maximum atomic E-state index is 14.0. The van der Waals surface area contributed by atoms with Crippen LogP contribution in [0.5, 0.6) is 0 Å². The fourth-order valence-electron chi connectivity index (χ4n) is 2.23. The summed E-state index contributed by atoms with van der Waals surface area (Å²) in [5.41, 5.74) is 6.51. The van der Waals surface area contributed by atoms with E-state index in [1.165, 1.54) is 0 Å². The molecule has 1 heterocycles. The van der Waals surface area contributed by atoms with Gasteiger partial charge in [-0.2, -0.15) is 0 Å². The second kappa shape index (κ2) is 6.33. The van der Waals surface area contributed by atoms with Gasteiger partial charge in [-0.15, -0.1) is 0 Å². The van der Waals surface area contributed by atoms with E-state index in [0.29, 0.717) is 16.5 Å². The zero-order chi connectivity index (χ0) is 13.1. The van der Waals surface area contributed by atoms with Crippen LogP contribution in [0.3, 0.4) is 0 Å². The first-order valence-electron chi connectivity index (χ1n) is 6.10. The second-order valence-electron chi connectivity index (χ2n) is 4.60. The zero-order valence-corrected chi connectivity index (χ0v) is 12.3. The van der Waals surface area contributed by atoms with Gasteiger partial charge in [0, 0.05) is 22.7 Å². The smallest absolute Gasteiger partial charge is 0.147 e. The predicted molar refractivity (Wildman–Crippen MR) is 74.2 cm³/mol. The Morgan fingerprint density at radius 2 is 2.28 bits per heavy atom. The van der Waals surface area contributed by atoms with Crippen LogP contribution >= 0.6 is 27.5 Å². The topological polar surface area (TPSA) is 35.2 Å². The van der Waals surface area contributed by atoms with Crippen molar-refractivity contribution in [1.29, 1.82) is 0 Å². The lowest BCUT2D eigenvalue weighted by atomic mass is 9.97. The Hall–Kier alpha value is -0.160. The molecule has 1 fully saturated rings. The molecule has 0 radical (unpaired) electrons. The average Bonchev–Trinajstić information content (AvgIpc) is 2.37. The van der Waals surface area contributed by atoms with Crippen molar-refractivity contribution in [3.8, 4) is 0 Å². The number of hydrogen-bond donors (Lipinski definition) is 1. The van der Waals surface area contributed by atoms with E-state index in [1.807, 2.05) is 0 Å². The lowest BCUT2D eigenvalue weighted by molar-refractivity contribution is 0.00714. The third-order valence-electron chi connectivity index (χ3n) is 3.26. The van der Waals surface area contributed by atoms with E-state index in [4.69, 9.17) is 22.1 Å². The summed E-state index contributed by atoms with van der Waals surface area (Å²) in [5, 5.41) is 0.0903. The van der Waals surface area contributed by atoms with Crippen LogP contribution in [-0.4, -0.2) is 12.7 Å². The summed E-state index contributed by atoms with van der Waals surface area (Å²) >= 11 is 9.05. The maximum Gasteiger partial charge on any atom is 0.147 e. The summed E-state index contributed by atoms with van der Waals surface area (Å²) in [6.07, 6.45) is 4.02. The van der Waals surface area contributed by atoms with Crippen molar-refractivity contribution >= 4 is 27.5 Å². The van der Waals surface area contributed by atoms with E-state index >= 15 is 0 Å². The molecule has 1 aliphatic heterocycles. The molecule has 2 atom stereocenters. The van der Waals surface area contributed by atoms with Gasteiger partial charge in [0.05, 0.1) is 11.1 Å². The van der Waals surface area contributed by atoms with Crippen LogP contribution in [0.25, 0.3) is 0 Å². The van der Waals surface area contributed by atoms with Crippen LogP contribution in [0, 0.1) is 5.82 Å². The van der Waals surface area contributed by atoms with E-state index in [0.717, 1.165) is 25.9 Å². The molecule has 5 heteroatoms. The molecule has 0 spiro atoms. The number of ether oxygens (including phenoxy) is 1. The molecule has 1 aromatic rings. The minimum absolute atomic E-state index is 0.0903. The predicted octanol–water partition coefficient (Wildman–Crippen LogP) is 4.20. The highest BCUT2D eigenvalue weighted by molar-refractivity contribution is 9.10. The number of benzene rings is 1. The molecule has 2 rings (SSSR count). The van der Waals surface area contributed by atoms with Gasteiger partial charge in [-0.3, -0.25) is 0 Å². The van der Waals surface area contributed by atoms with E-state index in [1.54, 1.807) is 12.1 Å². The first-order chi connectivity index (χ1) is 8.59. The molecule has 18 heavy (non-hydrogen) atoms. The van der Waals surface area contributed by atoms with Crippen LogP contribution in [0.4, 0.5) is 4.39 Å². The average molecular weight is 337 g/mol. The first kappa shape index (κ1) is 14.3. The fraction of sp³-hybridized carbons (Fsp3) is 0.538. The van der Waals surface area contributed by atoms with Crippen LogP contribution in [0.15, 0.2) is 16.6 Å². The highest BCUT2D eigenvalue weighted by Crippen LogP contribution is 2.32. The minimum atomic E-state index is -0.436. The van der Waals surface area contributed by atoms with Gasteiger partial charge >= 0.3 is 0 Å². The molecule has 0 amide bonds. The van der Waals surface area contributed by atoms with Crippen LogP contribution < -0.4 is 5.73 Å². The van der Waals surface area contributed by atoms with Crippen LogP contribution in [0.2, 0.25) is 5.02 Å². The largest absolute Gasteiger partial charge is 0.378 e. The van der Waals surface area contributed by atoms with Gasteiger partial charge < -0.3 is 10.5 Å². The van der Waals surface area contributed by atoms with Crippen LogP contribution in [-0.2, 0) is 4.74 Å². The normalized spacial score (nSPS) is 21.9. The van der Waals surface area contributed by atoms with Crippen LogP contribution in [0.1, 0.15) is 37.3 Å². The van der Waals surface area contributed by atoms with Crippen molar-refractivity contribution in [2.75, 3.05) is 6.61 Å². The van der Waals surface area contributed by atoms with Gasteiger partial charge in [-0.1, -0.05) is 17.7 Å². The van der Waals surface area contributed by atoms with Crippen molar-refractivity contribution in [3.63, 3.8) is 0 Å². The van der Waals surface area contributed by atoms with Gasteiger partial charge in [-0.25, -0.2) is 4.39 Å².